The molecule has 1 aromatic carbocycles. The van der Waals surface area contributed by atoms with Crippen LogP contribution in [-0.4, -0.2) is 31.9 Å². The Hall–Kier alpha value is -1.06. The summed E-state index contributed by atoms with van der Waals surface area (Å²) in [7, 11) is 1.71. The molecule has 1 aliphatic heterocycles. The second kappa shape index (κ2) is 5.72. The van der Waals surface area contributed by atoms with Crippen LogP contribution in [0.15, 0.2) is 18.2 Å². The number of methoxy groups -OCH3 is 1. The largest absolute Gasteiger partial charge is 0.496 e. The Labute approximate surface area is 109 Å². The van der Waals surface area contributed by atoms with Gasteiger partial charge < -0.3 is 15.2 Å². The van der Waals surface area contributed by atoms with E-state index in [4.69, 9.17) is 4.74 Å². The van der Waals surface area contributed by atoms with Crippen LogP contribution >= 0.6 is 0 Å². The van der Waals surface area contributed by atoms with Crippen molar-refractivity contribution in [3.8, 4) is 5.75 Å². The summed E-state index contributed by atoms with van der Waals surface area (Å²) < 4.78 is 5.35. The first-order chi connectivity index (χ1) is 8.73. The normalized spacial score (nSPS) is 23.3. The number of rotatable bonds is 5. The molecule has 1 aliphatic rings. The maximum Gasteiger partial charge on any atom is 0.122 e. The zero-order valence-electron chi connectivity index (χ0n) is 11.3. The topological polar surface area (TPSA) is 41.5 Å². The quantitative estimate of drug-likeness (QED) is 0.835. The molecular weight excluding hydrogens is 226 g/mol. The molecule has 3 heteroatoms. The first-order valence-electron chi connectivity index (χ1n) is 6.70. The maximum atomic E-state index is 9.64. The van der Waals surface area contributed by atoms with Crippen molar-refractivity contribution in [2.45, 2.75) is 26.2 Å². The molecule has 0 spiro atoms. The molecule has 3 nitrogen and oxygen atoms in total. The van der Waals surface area contributed by atoms with Gasteiger partial charge in [-0.25, -0.2) is 0 Å². The summed E-state index contributed by atoms with van der Waals surface area (Å²) in [5, 5.41) is 13.0. The van der Waals surface area contributed by atoms with E-state index in [2.05, 4.69) is 24.4 Å². The fraction of sp³-hybridized carbons (Fsp3) is 0.600. The average Bonchev–Trinajstić information content (AvgIpc) is 2.87. The monoisotopic (exact) mass is 249 g/mol. The summed E-state index contributed by atoms with van der Waals surface area (Å²) in [5.41, 5.74) is 2.57. The number of aliphatic hydroxyl groups is 1. The average molecular weight is 249 g/mol. The summed E-state index contributed by atoms with van der Waals surface area (Å²) in [6.07, 6.45) is 2.96. The molecule has 100 valence electrons. The van der Waals surface area contributed by atoms with E-state index in [1.165, 1.54) is 11.1 Å². The zero-order valence-corrected chi connectivity index (χ0v) is 11.3. The van der Waals surface area contributed by atoms with Crippen LogP contribution in [0, 0.1) is 5.41 Å². The van der Waals surface area contributed by atoms with Gasteiger partial charge in [-0.05, 0) is 43.0 Å². The second-order valence-corrected chi connectivity index (χ2v) is 5.26. The number of hydrogen-bond acceptors (Lipinski definition) is 3. The minimum atomic E-state index is 0.0274. The molecule has 0 aliphatic carbocycles. The van der Waals surface area contributed by atoms with Crippen molar-refractivity contribution in [2.75, 3.05) is 26.8 Å². The van der Waals surface area contributed by atoms with Gasteiger partial charge in [0.1, 0.15) is 5.75 Å². The van der Waals surface area contributed by atoms with Crippen LogP contribution in [0.2, 0.25) is 0 Å². The third-order valence-electron chi connectivity index (χ3n) is 3.97. The van der Waals surface area contributed by atoms with Crippen molar-refractivity contribution in [1.82, 2.24) is 5.32 Å². The predicted molar refractivity (Wildman–Crippen MR) is 73.1 cm³/mol. The second-order valence-electron chi connectivity index (χ2n) is 5.26. The van der Waals surface area contributed by atoms with Crippen molar-refractivity contribution < 1.29 is 9.84 Å². The molecule has 1 unspecified atom stereocenters. The van der Waals surface area contributed by atoms with E-state index in [1.807, 2.05) is 6.07 Å². The van der Waals surface area contributed by atoms with E-state index >= 15 is 0 Å². The van der Waals surface area contributed by atoms with Crippen molar-refractivity contribution in [3.05, 3.63) is 29.3 Å². The standard InChI is InChI=1S/C15H23NO2/c1-3-13-8-12(4-5-14(13)18-2)9-15(11-17)6-7-16-10-15/h4-5,8,16-17H,3,6-7,9-11H2,1-2H3. The molecule has 0 saturated carbocycles. The third-order valence-corrected chi connectivity index (χ3v) is 3.97. The number of nitrogens with one attached hydrogen (secondary N) is 1. The summed E-state index contributed by atoms with van der Waals surface area (Å²) in [6.45, 7) is 4.32. The van der Waals surface area contributed by atoms with Gasteiger partial charge in [0, 0.05) is 12.0 Å². The van der Waals surface area contributed by atoms with Gasteiger partial charge in [-0.2, -0.15) is 0 Å². The van der Waals surface area contributed by atoms with Gasteiger partial charge in [0.05, 0.1) is 13.7 Å². The van der Waals surface area contributed by atoms with Crippen LogP contribution in [0.5, 0.6) is 5.75 Å². The molecule has 1 fully saturated rings. The summed E-state index contributed by atoms with van der Waals surface area (Å²) in [6, 6.07) is 6.38. The minimum Gasteiger partial charge on any atom is -0.496 e. The molecule has 0 amide bonds. The number of ether oxygens (including phenoxy) is 1. The molecule has 1 heterocycles. The molecule has 2 N–H and O–H groups in total. The molecule has 1 aromatic rings. The van der Waals surface area contributed by atoms with Crippen LogP contribution in [0.3, 0.4) is 0 Å². The van der Waals surface area contributed by atoms with Gasteiger partial charge >= 0.3 is 0 Å². The number of benzene rings is 1. The third kappa shape index (κ3) is 2.68. The van der Waals surface area contributed by atoms with Crippen molar-refractivity contribution in [2.24, 2.45) is 5.41 Å². The van der Waals surface area contributed by atoms with Crippen LogP contribution in [0.1, 0.15) is 24.5 Å². The molecule has 18 heavy (non-hydrogen) atoms. The van der Waals surface area contributed by atoms with Crippen LogP contribution in [0.4, 0.5) is 0 Å². The van der Waals surface area contributed by atoms with Gasteiger partial charge in [-0.1, -0.05) is 19.1 Å². The minimum absolute atomic E-state index is 0.0274. The summed E-state index contributed by atoms with van der Waals surface area (Å²) >= 11 is 0. The van der Waals surface area contributed by atoms with Gasteiger partial charge in [-0.15, -0.1) is 0 Å². The molecule has 1 atom stereocenters. The Balaban J connectivity index is 2.18. The molecule has 2 rings (SSSR count). The highest BCUT2D eigenvalue weighted by molar-refractivity contribution is 5.37. The summed E-state index contributed by atoms with van der Waals surface area (Å²) in [4.78, 5) is 0. The van der Waals surface area contributed by atoms with Gasteiger partial charge in [-0.3, -0.25) is 0 Å². The summed E-state index contributed by atoms with van der Waals surface area (Å²) in [5.74, 6) is 0.962. The molecular formula is C15H23NO2. The van der Waals surface area contributed by atoms with Gasteiger partial charge in [0.15, 0.2) is 0 Å². The van der Waals surface area contributed by atoms with E-state index in [0.29, 0.717) is 0 Å². The number of hydrogen-bond donors (Lipinski definition) is 2. The van der Waals surface area contributed by atoms with Crippen molar-refractivity contribution in [1.29, 1.82) is 0 Å². The first kappa shape index (κ1) is 13.4. The Morgan fingerprint density at radius 3 is 2.83 bits per heavy atom. The van der Waals surface area contributed by atoms with Crippen LogP contribution < -0.4 is 10.1 Å². The first-order valence-corrected chi connectivity index (χ1v) is 6.70. The van der Waals surface area contributed by atoms with Gasteiger partial charge in [0.25, 0.3) is 0 Å². The molecule has 0 bridgehead atoms. The lowest BCUT2D eigenvalue weighted by atomic mass is 9.81. The van der Waals surface area contributed by atoms with Crippen molar-refractivity contribution >= 4 is 0 Å². The number of aliphatic hydroxyl groups excluding tert-OH is 1. The lowest BCUT2D eigenvalue weighted by Gasteiger charge is -2.26. The van der Waals surface area contributed by atoms with E-state index in [1.54, 1.807) is 7.11 Å². The SMILES string of the molecule is CCc1cc(CC2(CO)CCNC2)ccc1OC. The Kier molecular flexibility index (Phi) is 4.25. The smallest absolute Gasteiger partial charge is 0.122 e. The van der Waals surface area contributed by atoms with Crippen LogP contribution in [-0.2, 0) is 12.8 Å². The highest BCUT2D eigenvalue weighted by atomic mass is 16.5. The van der Waals surface area contributed by atoms with Crippen LogP contribution in [0.25, 0.3) is 0 Å². The maximum absolute atomic E-state index is 9.64. The predicted octanol–water partition coefficient (Wildman–Crippen LogP) is 1.77. The number of aryl methyl sites for hydroxylation is 1. The highest BCUT2D eigenvalue weighted by Crippen LogP contribution is 2.31. The fourth-order valence-corrected chi connectivity index (χ4v) is 2.79. The van der Waals surface area contributed by atoms with Crippen molar-refractivity contribution in [3.63, 3.8) is 0 Å². The Bertz CT molecular complexity index is 397. The fourth-order valence-electron chi connectivity index (χ4n) is 2.79. The molecule has 0 radical (unpaired) electrons. The van der Waals surface area contributed by atoms with E-state index in [0.717, 1.165) is 38.1 Å². The van der Waals surface area contributed by atoms with E-state index in [-0.39, 0.29) is 12.0 Å². The lowest BCUT2D eigenvalue weighted by molar-refractivity contribution is 0.143. The Morgan fingerprint density at radius 2 is 2.28 bits per heavy atom. The Morgan fingerprint density at radius 1 is 1.44 bits per heavy atom. The molecule has 1 saturated heterocycles. The lowest BCUT2D eigenvalue weighted by Crippen LogP contribution is -2.30. The zero-order chi connectivity index (χ0) is 13.0. The van der Waals surface area contributed by atoms with E-state index in [9.17, 15) is 5.11 Å². The van der Waals surface area contributed by atoms with Gasteiger partial charge in [0.2, 0.25) is 0 Å². The molecule has 0 aromatic heterocycles. The van der Waals surface area contributed by atoms with E-state index < -0.39 is 0 Å². The highest BCUT2D eigenvalue weighted by Gasteiger charge is 2.33.